The minimum Gasteiger partial charge on any atom is -0.382 e. The Morgan fingerprint density at radius 1 is 1.35 bits per heavy atom. The summed E-state index contributed by atoms with van der Waals surface area (Å²) in [6.07, 6.45) is 4.36. The van der Waals surface area contributed by atoms with E-state index in [-0.39, 0.29) is 5.69 Å². The standard InChI is InChI=1S/C12H13F2N3/c1-17-8-9(7-16-17)4-5-15-12-6-10(13)2-3-11(12)14/h2-3,6-8,15H,4-5H2,1H3. The fraction of sp³-hybridized carbons (Fsp3) is 0.250. The molecule has 90 valence electrons. The molecule has 0 amide bonds. The van der Waals surface area contributed by atoms with Gasteiger partial charge in [0.05, 0.1) is 11.9 Å². The maximum absolute atomic E-state index is 13.3. The predicted octanol–water partition coefficient (Wildman–Crippen LogP) is 2.35. The molecule has 17 heavy (non-hydrogen) atoms. The van der Waals surface area contributed by atoms with Gasteiger partial charge in [-0.3, -0.25) is 4.68 Å². The van der Waals surface area contributed by atoms with Crippen LogP contribution in [0.3, 0.4) is 0 Å². The Labute approximate surface area is 98.1 Å². The van der Waals surface area contributed by atoms with Crippen molar-refractivity contribution in [1.29, 1.82) is 0 Å². The maximum Gasteiger partial charge on any atom is 0.146 e. The summed E-state index contributed by atoms with van der Waals surface area (Å²) in [5, 5.41) is 6.89. The average Bonchev–Trinajstić information content (AvgIpc) is 2.69. The fourth-order valence-corrected chi connectivity index (χ4v) is 1.58. The van der Waals surface area contributed by atoms with E-state index in [0.717, 1.165) is 23.8 Å². The highest BCUT2D eigenvalue weighted by Crippen LogP contribution is 2.15. The summed E-state index contributed by atoms with van der Waals surface area (Å²) in [4.78, 5) is 0. The SMILES string of the molecule is Cn1cc(CCNc2cc(F)ccc2F)cn1. The third kappa shape index (κ3) is 3.03. The minimum absolute atomic E-state index is 0.189. The predicted molar refractivity (Wildman–Crippen MR) is 61.8 cm³/mol. The van der Waals surface area contributed by atoms with Crippen molar-refractivity contribution in [2.24, 2.45) is 7.05 Å². The van der Waals surface area contributed by atoms with E-state index in [1.54, 1.807) is 10.9 Å². The molecular formula is C12H13F2N3. The normalized spacial score (nSPS) is 10.5. The van der Waals surface area contributed by atoms with Crippen molar-refractivity contribution >= 4 is 5.69 Å². The minimum atomic E-state index is -0.449. The van der Waals surface area contributed by atoms with E-state index in [1.165, 1.54) is 0 Å². The molecule has 2 aromatic rings. The van der Waals surface area contributed by atoms with Crippen LogP contribution in [0.5, 0.6) is 0 Å². The molecular weight excluding hydrogens is 224 g/mol. The molecule has 0 bridgehead atoms. The van der Waals surface area contributed by atoms with Crippen LogP contribution in [0.4, 0.5) is 14.5 Å². The first kappa shape index (κ1) is 11.6. The molecule has 0 saturated heterocycles. The zero-order valence-electron chi connectivity index (χ0n) is 9.45. The number of aryl methyl sites for hydroxylation is 1. The van der Waals surface area contributed by atoms with Gasteiger partial charge in [-0.15, -0.1) is 0 Å². The Kier molecular flexibility index (Phi) is 3.37. The van der Waals surface area contributed by atoms with Gasteiger partial charge in [0.1, 0.15) is 11.6 Å². The van der Waals surface area contributed by atoms with Gasteiger partial charge in [-0.25, -0.2) is 8.78 Å². The maximum atomic E-state index is 13.3. The van der Waals surface area contributed by atoms with E-state index >= 15 is 0 Å². The molecule has 1 aromatic heterocycles. The number of rotatable bonds is 4. The molecule has 0 fully saturated rings. The zero-order chi connectivity index (χ0) is 12.3. The van der Waals surface area contributed by atoms with Crippen LogP contribution >= 0.6 is 0 Å². The van der Waals surface area contributed by atoms with Gasteiger partial charge < -0.3 is 5.32 Å². The molecule has 0 aliphatic rings. The largest absolute Gasteiger partial charge is 0.382 e. The third-order valence-corrected chi connectivity index (χ3v) is 2.42. The van der Waals surface area contributed by atoms with Gasteiger partial charge in [-0.1, -0.05) is 0 Å². The molecule has 5 heteroatoms. The van der Waals surface area contributed by atoms with Crippen LogP contribution in [0.25, 0.3) is 0 Å². The van der Waals surface area contributed by atoms with Gasteiger partial charge in [0, 0.05) is 19.8 Å². The fourth-order valence-electron chi connectivity index (χ4n) is 1.58. The molecule has 0 radical (unpaired) electrons. The second-order valence-electron chi connectivity index (χ2n) is 3.82. The lowest BCUT2D eigenvalue weighted by Crippen LogP contribution is -2.06. The number of aromatic nitrogens is 2. The lowest BCUT2D eigenvalue weighted by atomic mass is 10.2. The zero-order valence-corrected chi connectivity index (χ0v) is 9.45. The Morgan fingerprint density at radius 2 is 2.18 bits per heavy atom. The van der Waals surface area contributed by atoms with Gasteiger partial charge in [0.25, 0.3) is 0 Å². The molecule has 3 nitrogen and oxygen atoms in total. The Balaban J connectivity index is 1.91. The van der Waals surface area contributed by atoms with Crippen LogP contribution < -0.4 is 5.32 Å². The third-order valence-electron chi connectivity index (χ3n) is 2.42. The highest BCUT2D eigenvalue weighted by molar-refractivity contribution is 5.44. The lowest BCUT2D eigenvalue weighted by molar-refractivity contribution is 0.602. The van der Waals surface area contributed by atoms with Gasteiger partial charge in [-0.2, -0.15) is 5.10 Å². The summed E-state index contributed by atoms with van der Waals surface area (Å²) in [6.45, 7) is 0.534. The van der Waals surface area contributed by atoms with Crippen LogP contribution in [-0.2, 0) is 13.5 Å². The van der Waals surface area contributed by atoms with Gasteiger partial charge >= 0.3 is 0 Å². The van der Waals surface area contributed by atoms with Crippen LogP contribution in [-0.4, -0.2) is 16.3 Å². The Hall–Kier alpha value is -1.91. The summed E-state index contributed by atoms with van der Waals surface area (Å²) in [7, 11) is 1.84. The first-order chi connectivity index (χ1) is 8.15. The topological polar surface area (TPSA) is 29.9 Å². The summed E-state index contributed by atoms with van der Waals surface area (Å²) >= 11 is 0. The number of hydrogen-bond donors (Lipinski definition) is 1. The van der Waals surface area contributed by atoms with E-state index < -0.39 is 11.6 Å². The number of nitrogens with zero attached hydrogens (tertiary/aromatic N) is 2. The van der Waals surface area contributed by atoms with Gasteiger partial charge in [-0.05, 0) is 30.2 Å². The number of benzene rings is 1. The number of hydrogen-bond acceptors (Lipinski definition) is 2. The summed E-state index contributed by atoms with van der Waals surface area (Å²) in [5.74, 6) is -0.895. The number of anilines is 1. The highest BCUT2D eigenvalue weighted by Gasteiger charge is 2.03. The van der Waals surface area contributed by atoms with Crippen molar-refractivity contribution in [3.63, 3.8) is 0 Å². The molecule has 1 aromatic carbocycles. The Bertz CT molecular complexity index is 508. The summed E-state index contributed by atoms with van der Waals surface area (Å²) < 4.78 is 27.8. The smallest absolute Gasteiger partial charge is 0.146 e. The van der Waals surface area contributed by atoms with E-state index in [4.69, 9.17) is 0 Å². The molecule has 0 unspecified atom stereocenters. The summed E-state index contributed by atoms with van der Waals surface area (Å²) in [5.41, 5.74) is 1.24. The van der Waals surface area contributed by atoms with Gasteiger partial charge in [0.2, 0.25) is 0 Å². The Morgan fingerprint density at radius 3 is 2.88 bits per heavy atom. The number of nitrogens with one attached hydrogen (secondary N) is 1. The quantitative estimate of drug-likeness (QED) is 0.884. The van der Waals surface area contributed by atoms with Crippen molar-refractivity contribution < 1.29 is 8.78 Å². The molecule has 1 N–H and O–H groups in total. The van der Waals surface area contributed by atoms with E-state index in [2.05, 4.69) is 10.4 Å². The highest BCUT2D eigenvalue weighted by atomic mass is 19.1. The van der Waals surface area contributed by atoms with Crippen LogP contribution in [0.2, 0.25) is 0 Å². The average molecular weight is 237 g/mol. The van der Waals surface area contributed by atoms with Gasteiger partial charge in [0.15, 0.2) is 0 Å². The molecule has 2 rings (SSSR count). The van der Waals surface area contributed by atoms with Crippen molar-refractivity contribution in [3.8, 4) is 0 Å². The number of halogens is 2. The van der Waals surface area contributed by atoms with E-state index in [0.29, 0.717) is 13.0 Å². The monoisotopic (exact) mass is 237 g/mol. The second kappa shape index (κ2) is 4.95. The molecule has 1 heterocycles. The molecule has 0 aliphatic carbocycles. The lowest BCUT2D eigenvalue weighted by Gasteiger charge is -2.06. The van der Waals surface area contributed by atoms with Crippen LogP contribution in [0.15, 0.2) is 30.6 Å². The first-order valence-corrected chi connectivity index (χ1v) is 5.31. The molecule has 0 aliphatic heterocycles. The van der Waals surface area contributed by atoms with Crippen LogP contribution in [0.1, 0.15) is 5.56 Å². The first-order valence-electron chi connectivity index (χ1n) is 5.31. The molecule has 0 saturated carbocycles. The summed E-state index contributed by atoms with van der Waals surface area (Å²) in [6, 6.07) is 3.36. The van der Waals surface area contributed by atoms with Crippen LogP contribution in [0, 0.1) is 11.6 Å². The second-order valence-corrected chi connectivity index (χ2v) is 3.82. The van der Waals surface area contributed by atoms with E-state index in [1.807, 2.05) is 13.2 Å². The van der Waals surface area contributed by atoms with E-state index in [9.17, 15) is 8.78 Å². The van der Waals surface area contributed by atoms with Crippen molar-refractivity contribution in [2.45, 2.75) is 6.42 Å². The molecule has 0 atom stereocenters. The van der Waals surface area contributed by atoms with Crippen molar-refractivity contribution in [3.05, 3.63) is 47.8 Å². The van der Waals surface area contributed by atoms with Crippen molar-refractivity contribution in [2.75, 3.05) is 11.9 Å². The van der Waals surface area contributed by atoms with Crippen molar-refractivity contribution in [1.82, 2.24) is 9.78 Å². The molecule has 0 spiro atoms.